The summed E-state index contributed by atoms with van der Waals surface area (Å²) in [5.74, 6) is 0.658. The van der Waals surface area contributed by atoms with Crippen molar-refractivity contribution in [1.82, 2.24) is 0 Å². The highest BCUT2D eigenvalue weighted by atomic mass is 19.1. The minimum absolute atomic E-state index is 0.0403. The second kappa shape index (κ2) is 5.65. The van der Waals surface area contributed by atoms with Crippen molar-refractivity contribution < 1.29 is 14.2 Å². The molecular formula is C15H15FO2. The molecule has 0 aromatic heterocycles. The van der Waals surface area contributed by atoms with Crippen molar-refractivity contribution in [2.75, 3.05) is 7.11 Å². The van der Waals surface area contributed by atoms with Crippen LogP contribution in [0.5, 0.6) is 5.75 Å². The van der Waals surface area contributed by atoms with Gasteiger partial charge >= 0.3 is 0 Å². The van der Waals surface area contributed by atoms with E-state index in [4.69, 9.17) is 9.84 Å². The molecule has 3 heteroatoms. The Morgan fingerprint density at radius 1 is 1.17 bits per heavy atom. The lowest BCUT2D eigenvalue weighted by atomic mass is 9.97. The zero-order valence-corrected chi connectivity index (χ0v) is 10.1. The second-order valence-electron chi connectivity index (χ2n) is 4.03. The normalized spacial score (nSPS) is 12.2. The van der Waals surface area contributed by atoms with E-state index in [-0.39, 0.29) is 6.42 Å². The largest absolute Gasteiger partial charge is 0.497 e. The molecule has 0 fully saturated rings. The fraction of sp³-hybridized carbons (Fsp3) is 0.200. The molecule has 0 saturated carbocycles. The van der Waals surface area contributed by atoms with Crippen LogP contribution in [0, 0.1) is 0 Å². The number of ether oxygens (including phenoxy) is 1. The van der Waals surface area contributed by atoms with Gasteiger partial charge in [0.15, 0.2) is 6.36 Å². The zero-order chi connectivity index (χ0) is 13.0. The van der Waals surface area contributed by atoms with Gasteiger partial charge in [0.1, 0.15) is 5.75 Å². The van der Waals surface area contributed by atoms with Gasteiger partial charge in [-0.3, -0.25) is 0 Å². The van der Waals surface area contributed by atoms with Crippen molar-refractivity contribution in [1.29, 1.82) is 0 Å². The van der Waals surface area contributed by atoms with Crippen molar-refractivity contribution >= 4 is 0 Å². The molecule has 2 rings (SSSR count). The van der Waals surface area contributed by atoms with Crippen LogP contribution in [-0.4, -0.2) is 18.6 Å². The van der Waals surface area contributed by atoms with E-state index in [1.54, 1.807) is 13.2 Å². The summed E-state index contributed by atoms with van der Waals surface area (Å²) in [6, 6.07) is 15.2. The highest BCUT2D eigenvalue weighted by molar-refractivity contribution is 5.68. The van der Waals surface area contributed by atoms with Gasteiger partial charge in [0, 0.05) is 6.42 Å². The lowest BCUT2D eigenvalue weighted by Crippen LogP contribution is -2.04. The molecule has 94 valence electrons. The first-order valence-electron chi connectivity index (χ1n) is 5.75. The van der Waals surface area contributed by atoms with Gasteiger partial charge in [0.25, 0.3) is 0 Å². The molecular weight excluding hydrogens is 231 g/mol. The van der Waals surface area contributed by atoms with Gasteiger partial charge in [-0.05, 0) is 28.8 Å². The maximum absolute atomic E-state index is 12.8. The Balaban J connectivity index is 2.46. The molecule has 18 heavy (non-hydrogen) atoms. The Labute approximate surface area is 106 Å². The van der Waals surface area contributed by atoms with Gasteiger partial charge in [-0.2, -0.15) is 0 Å². The molecule has 0 radical (unpaired) electrons. The van der Waals surface area contributed by atoms with Crippen molar-refractivity contribution in [3.63, 3.8) is 0 Å². The van der Waals surface area contributed by atoms with E-state index in [0.717, 1.165) is 16.7 Å². The molecule has 0 aliphatic heterocycles. The van der Waals surface area contributed by atoms with Gasteiger partial charge < -0.3 is 9.84 Å². The molecule has 0 heterocycles. The summed E-state index contributed by atoms with van der Waals surface area (Å²) >= 11 is 0. The minimum Gasteiger partial charge on any atom is -0.497 e. The van der Waals surface area contributed by atoms with E-state index in [0.29, 0.717) is 5.75 Å². The van der Waals surface area contributed by atoms with Gasteiger partial charge in [0.2, 0.25) is 0 Å². The van der Waals surface area contributed by atoms with Gasteiger partial charge in [0.05, 0.1) is 7.11 Å². The maximum atomic E-state index is 12.8. The molecule has 0 aliphatic rings. The zero-order valence-electron chi connectivity index (χ0n) is 10.1. The molecule has 0 saturated heterocycles. The highest BCUT2D eigenvalue weighted by Crippen LogP contribution is 2.28. The highest BCUT2D eigenvalue weighted by Gasteiger charge is 2.10. The average Bonchev–Trinajstić information content (AvgIpc) is 2.39. The van der Waals surface area contributed by atoms with Crippen LogP contribution in [0.4, 0.5) is 4.39 Å². The first-order chi connectivity index (χ1) is 8.70. The van der Waals surface area contributed by atoms with Crippen LogP contribution in [0.15, 0.2) is 48.5 Å². The fourth-order valence-corrected chi connectivity index (χ4v) is 1.95. The lowest BCUT2D eigenvalue weighted by molar-refractivity contribution is 0.0430. The summed E-state index contributed by atoms with van der Waals surface area (Å²) in [4.78, 5) is 0. The number of rotatable bonds is 4. The number of benzene rings is 2. The van der Waals surface area contributed by atoms with E-state index < -0.39 is 6.36 Å². The minimum atomic E-state index is -1.86. The Morgan fingerprint density at radius 2 is 1.89 bits per heavy atom. The number of aliphatic hydroxyl groups excluding tert-OH is 1. The third-order valence-corrected chi connectivity index (χ3v) is 2.79. The molecule has 0 aliphatic carbocycles. The Kier molecular flexibility index (Phi) is 3.95. The van der Waals surface area contributed by atoms with Crippen LogP contribution in [0.1, 0.15) is 5.56 Å². The van der Waals surface area contributed by atoms with Crippen LogP contribution in [-0.2, 0) is 6.42 Å². The van der Waals surface area contributed by atoms with Gasteiger partial charge in [-0.1, -0.05) is 36.4 Å². The second-order valence-corrected chi connectivity index (χ2v) is 4.03. The number of alkyl halides is 1. The van der Waals surface area contributed by atoms with Crippen LogP contribution >= 0.6 is 0 Å². The number of halogens is 1. The molecule has 1 atom stereocenters. The summed E-state index contributed by atoms with van der Waals surface area (Å²) in [7, 11) is 1.56. The Bertz CT molecular complexity index is 509. The maximum Gasteiger partial charge on any atom is 0.200 e. The summed E-state index contributed by atoms with van der Waals surface area (Å²) < 4.78 is 18.0. The van der Waals surface area contributed by atoms with E-state index >= 15 is 0 Å². The van der Waals surface area contributed by atoms with E-state index in [9.17, 15) is 4.39 Å². The SMILES string of the molecule is COc1ccc(-c2ccccc2)c(CC(O)F)c1. The monoisotopic (exact) mass is 246 g/mol. The smallest absolute Gasteiger partial charge is 0.200 e. The topological polar surface area (TPSA) is 29.5 Å². The van der Waals surface area contributed by atoms with Crippen LogP contribution in [0.2, 0.25) is 0 Å². The number of methoxy groups -OCH3 is 1. The Morgan fingerprint density at radius 3 is 2.50 bits per heavy atom. The van der Waals surface area contributed by atoms with Crippen molar-refractivity contribution in [3.8, 4) is 16.9 Å². The molecule has 1 unspecified atom stereocenters. The molecule has 2 nitrogen and oxygen atoms in total. The van der Waals surface area contributed by atoms with Crippen molar-refractivity contribution in [3.05, 3.63) is 54.1 Å². The van der Waals surface area contributed by atoms with E-state index in [1.165, 1.54) is 0 Å². The first kappa shape index (κ1) is 12.6. The van der Waals surface area contributed by atoms with Crippen molar-refractivity contribution in [2.24, 2.45) is 0 Å². The standard InChI is InChI=1S/C15H15FO2/c1-18-13-7-8-14(11-5-3-2-4-6-11)12(9-13)10-15(16)17/h2-9,15,17H,10H2,1H3. The number of aliphatic hydroxyl groups is 1. The van der Waals surface area contributed by atoms with Gasteiger partial charge in [-0.15, -0.1) is 0 Å². The summed E-state index contributed by atoms with van der Waals surface area (Å²) in [6.45, 7) is 0. The first-order valence-corrected chi connectivity index (χ1v) is 5.75. The van der Waals surface area contributed by atoms with Crippen LogP contribution < -0.4 is 4.74 Å². The predicted molar refractivity (Wildman–Crippen MR) is 69.2 cm³/mol. The van der Waals surface area contributed by atoms with Crippen LogP contribution in [0.25, 0.3) is 11.1 Å². The van der Waals surface area contributed by atoms with Crippen molar-refractivity contribution in [2.45, 2.75) is 12.8 Å². The van der Waals surface area contributed by atoms with E-state index in [1.807, 2.05) is 42.5 Å². The van der Waals surface area contributed by atoms with Crippen LogP contribution in [0.3, 0.4) is 0 Å². The quantitative estimate of drug-likeness (QED) is 0.897. The predicted octanol–water partition coefficient (Wildman–Crippen LogP) is 3.19. The summed E-state index contributed by atoms with van der Waals surface area (Å²) in [6.07, 6.45) is -1.90. The molecule has 1 N–H and O–H groups in total. The fourth-order valence-electron chi connectivity index (χ4n) is 1.95. The third kappa shape index (κ3) is 2.87. The molecule has 0 spiro atoms. The van der Waals surface area contributed by atoms with E-state index in [2.05, 4.69) is 0 Å². The summed E-state index contributed by atoms with van der Waals surface area (Å²) in [5, 5.41) is 8.93. The summed E-state index contributed by atoms with van der Waals surface area (Å²) in [5.41, 5.74) is 2.64. The molecule has 0 amide bonds. The Hall–Kier alpha value is -1.87. The molecule has 2 aromatic rings. The molecule has 2 aromatic carbocycles. The lowest BCUT2D eigenvalue weighted by Gasteiger charge is -2.12. The molecule has 0 bridgehead atoms. The number of hydrogen-bond acceptors (Lipinski definition) is 2. The van der Waals surface area contributed by atoms with Gasteiger partial charge in [-0.25, -0.2) is 4.39 Å². The third-order valence-electron chi connectivity index (χ3n) is 2.79. The average molecular weight is 246 g/mol. The number of hydrogen-bond donors (Lipinski definition) is 1.